The Morgan fingerprint density at radius 3 is 2.29 bits per heavy atom. The predicted octanol–water partition coefficient (Wildman–Crippen LogP) is 2.78. The van der Waals surface area contributed by atoms with Gasteiger partial charge in [0, 0.05) is 12.1 Å². The fourth-order valence-electron chi connectivity index (χ4n) is 3.34. The van der Waals surface area contributed by atoms with E-state index in [9.17, 15) is 0 Å². The minimum absolute atomic E-state index is 0.272. The number of nitrogens with one attached hydrogen (secondary N) is 1. The molecule has 3 N–H and O–H groups in total. The molecule has 2 aliphatic rings. The smallest absolute Gasteiger partial charge is 0.0304 e. The van der Waals surface area contributed by atoms with Crippen molar-refractivity contribution in [3.63, 3.8) is 0 Å². The Bertz CT molecular complexity index is 241. The molecule has 0 aromatic carbocycles. The van der Waals surface area contributed by atoms with Gasteiger partial charge >= 0.3 is 0 Å². The van der Waals surface area contributed by atoms with Gasteiger partial charge in [-0.25, -0.2) is 0 Å². The van der Waals surface area contributed by atoms with E-state index in [-0.39, 0.29) is 5.54 Å². The first kappa shape index (κ1) is 13.4. The van der Waals surface area contributed by atoms with Gasteiger partial charge in [0.15, 0.2) is 0 Å². The van der Waals surface area contributed by atoms with Gasteiger partial charge in [-0.05, 0) is 62.3 Å². The molecule has 0 spiro atoms. The van der Waals surface area contributed by atoms with Crippen LogP contribution < -0.4 is 11.1 Å². The van der Waals surface area contributed by atoms with Crippen LogP contribution in [0.25, 0.3) is 0 Å². The Labute approximate surface area is 107 Å². The number of nitrogens with two attached hydrogens (primary N) is 1. The molecule has 2 saturated carbocycles. The molecule has 2 fully saturated rings. The van der Waals surface area contributed by atoms with Gasteiger partial charge in [0.2, 0.25) is 0 Å². The fourth-order valence-corrected chi connectivity index (χ4v) is 3.34. The maximum absolute atomic E-state index is 6.04. The summed E-state index contributed by atoms with van der Waals surface area (Å²) in [6.45, 7) is 9.10. The van der Waals surface area contributed by atoms with E-state index in [2.05, 4.69) is 26.1 Å². The van der Waals surface area contributed by atoms with Gasteiger partial charge in [0.25, 0.3) is 0 Å². The minimum atomic E-state index is 0.272. The van der Waals surface area contributed by atoms with Gasteiger partial charge in [-0.3, -0.25) is 0 Å². The number of hydrogen-bond donors (Lipinski definition) is 2. The molecule has 2 unspecified atom stereocenters. The SMILES string of the molecule is CC(C)C1CCC(CN)(NCC2CC2C)CC1. The second-order valence-electron chi connectivity index (χ2n) is 6.92. The van der Waals surface area contributed by atoms with Crippen LogP contribution in [0.1, 0.15) is 52.9 Å². The van der Waals surface area contributed by atoms with Crippen molar-refractivity contribution in [1.82, 2.24) is 5.32 Å². The maximum atomic E-state index is 6.04. The summed E-state index contributed by atoms with van der Waals surface area (Å²) in [5.41, 5.74) is 6.31. The van der Waals surface area contributed by atoms with Crippen molar-refractivity contribution in [2.75, 3.05) is 13.1 Å². The van der Waals surface area contributed by atoms with E-state index >= 15 is 0 Å². The molecule has 0 bridgehead atoms. The quantitative estimate of drug-likeness (QED) is 0.773. The van der Waals surface area contributed by atoms with Crippen LogP contribution in [0.2, 0.25) is 0 Å². The van der Waals surface area contributed by atoms with E-state index in [1.54, 1.807) is 0 Å². The monoisotopic (exact) mass is 238 g/mol. The molecule has 2 aliphatic carbocycles. The third-order valence-corrected chi connectivity index (χ3v) is 5.34. The summed E-state index contributed by atoms with van der Waals surface area (Å²) in [4.78, 5) is 0. The van der Waals surface area contributed by atoms with Crippen molar-refractivity contribution in [1.29, 1.82) is 0 Å². The second-order valence-corrected chi connectivity index (χ2v) is 6.92. The Balaban J connectivity index is 1.80. The summed E-state index contributed by atoms with van der Waals surface area (Å²) in [6.07, 6.45) is 6.72. The zero-order valence-electron chi connectivity index (χ0n) is 11.8. The molecule has 0 aromatic rings. The zero-order chi connectivity index (χ0) is 12.5. The van der Waals surface area contributed by atoms with Gasteiger partial charge in [-0.1, -0.05) is 20.8 Å². The third-order valence-electron chi connectivity index (χ3n) is 5.34. The normalized spacial score (nSPS) is 41.8. The van der Waals surface area contributed by atoms with Crippen LogP contribution in [0.5, 0.6) is 0 Å². The number of hydrogen-bond acceptors (Lipinski definition) is 2. The first-order chi connectivity index (χ1) is 8.06. The van der Waals surface area contributed by atoms with Crippen LogP contribution >= 0.6 is 0 Å². The summed E-state index contributed by atoms with van der Waals surface area (Å²) < 4.78 is 0. The molecular formula is C15H30N2. The third kappa shape index (κ3) is 3.23. The van der Waals surface area contributed by atoms with Crippen LogP contribution in [0.15, 0.2) is 0 Å². The van der Waals surface area contributed by atoms with Gasteiger partial charge < -0.3 is 11.1 Å². The molecule has 0 aliphatic heterocycles. The van der Waals surface area contributed by atoms with Crippen LogP contribution in [-0.4, -0.2) is 18.6 Å². The van der Waals surface area contributed by atoms with E-state index in [0.29, 0.717) is 0 Å². The molecule has 2 nitrogen and oxygen atoms in total. The Kier molecular flexibility index (Phi) is 4.14. The van der Waals surface area contributed by atoms with Gasteiger partial charge in [0.05, 0.1) is 0 Å². The Morgan fingerprint density at radius 2 is 1.88 bits per heavy atom. The largest absolute Gasteiger partial charge is 0.329 e. The lowest BCUT2D eigenvalue weighted by Gasteiger charge is -2.41. The molecule has 100 valence electrons. The first-order valence-electron chi connectivity index (χ1n) is 7.51. The fraction of sp³-hybridized carbons (Fsp3) is 1.00. The summed E-state index contributed by atoms with van der Waals surface area (Å²) in [7, 11) is 0. The molecule has 0 amide bonds. The molecule has 0 radical (unpaired) electrons. The van der Waals surface area contributed by atoms with E-state index in [1.165, 1.54) is 38.6 Å². The van der Waals surface area contributed by atoms with E-state index in [0.717, 1.165) is 30.2 Å². The highest BCUT2D eigenvalue weighted by Gasteiger charge is 2.38. The van der Waals surface area contributed by atoms with Crippen LogP contribution in [0.4, 0.5) is 0 Å². The van der Waals surface area contributed by atoms with Gasteiger partial charge in [-0.15, -0.1) is 0 Å². The summed E-state index contributed by atoms with van der Waals surface area (Å²) in [5, 5.41) is 3.81. The van der Waals surface area contributed by atoms with Crippen molar-refractivity contribution in [3.05, 3.63) is 0 Å². The average Bonchev–Trinajstić information content (AvgIpc) is 3.03. The Hall–Kier alpha value is -0.0800. The van der Waals surface area contributed by atoms with Crippen molar-refractivity contribution in [2.24, 2.45) is 29.4 Å². The van der Waals surface area contributed by atoms with Crippen LogP contribution in [0.3, 0.4) is 0 Å². The summed E-state index contributed by atoms with van der Waals surface area (Å²) >= 11 is 0. The molecule has 2 rings (SSSR count). The molecule has 17 heavy (non-hydrogen) atoms. The van der Waals surface area contributed by atoms with E-state index in [4.69, 9.17) is 5.73 Å². The highest BCUT2D eigenvalue weighted by Crippen LogP contribution is 2.39. The maximum Gasteiger partial charge on any atom is 0.0304 e. The lowest BCUT2D eigenvalue weighted by atomic mass is 9.73. The molecular weight excluding hydrogens is 208 g/mol. The van der Waals surface area contributed by atoms with Crippen LogP contribution in [0, 0.1) is 23.7 Å². The number of rotatable bonds is 5. The molecule has 0 aromatic heterocycles. The van der Waals surface area contributed by atoms with Gasteiger partial charge in [-0.2, -0.15) is 0 Å². The highest BCUT2D eigenvalue weighted by atomic mass is 15.0. The molecule has 2 heteroatoms. The minimum Gasteiger partial charge on any atom is -0.329 e. The standard InChI is InChI=1S/C15H30N2/c1-11(2)13-4-6-15(10-16,7-5-13)17-9-14-8-12(14)3/h11-14,17H,4-10,16H2,1-3H3. The Morgan fingerprint density at radius 1 is 1.29 bits per heavy atom. The van der Waals surface area contributed by atoms with Gasteiger partial charge in [0.1, 0.15) is 0 Å². The van der Waals surface area contributed by atoms with Crippen molar-refractivity contribution in [3.8, 4) is 0 Å². The summed E-state index contributed by atoms with van der Waals surface area (Å²) in [5.74, 6) is 3.65. The highest BCUT2D eigenvalue weighted by molar-refractivity contribution is 4.96. The molecule has 0 heterocycles. The molecule has 0 saturated heterocycles. The lowest BCUT2D eigenvalue weighted by molar-refractivity contribution is 0.164. The lowest BCUT2D eigenvalue weighted by Crippen LogP contribution is -2.54. The summed E-state index contributed by atoms with van der Waals surface area (Å²) in [6, 6.07) is 0. The van der Waals surface area contributed by atoms with Crippen molar-refractivity contribution < 1.29 is 0 Å². The topological polar surface area (TPSA) is 38.0 Å². The average molecular weight is 238 g/mol. The van der Waals surface area contributed by atoms with E-state index < -0.39 is 0 Å². The molecule has 2 atom stereocenters. The zero-order valence-corrected chi connectivity index (χ0v) is 11.8. The first-order valence-corrected chi connectivity index (χ1v) is 7.51. The predicted molar refractivity (Wildman–Crippen MR) is 73.9 cm³/mol. The van der Waals surface area contributed by atoms with Crippen molar-refractivity contribution in [2.45, 2.75) is 58.4 Å². The van der Waals surface area contributed by atoms with Crippen LogP contribution in [-0.2, 0) is 0 Å². The van der Waals surface area contributed by atoms with Crippen molar-refractivity contribution >= 4 is 0 Å². The van der Waals surface area contributed by atoms with E-state index in [1.807, 2.05) is 0 Å². The second kappa shape index (κ2) is 5.27.